The number of nitrogens with zero attached hydrogens (tertiary/aromatic N) is 3. The molecule has 1 aliphatic heterocycles. The SMILES string of the molecule is O=C(N[C@H]1CCN(Cc2noc(-c3ccccc3)n2)C1)c1ccc(F)c(F)c1. The van der Waals surface area contributed by atoms with Gasteiger partial charge in [0.05, 0.1) is 6.54 Å². The van der Waals surface area contributed by atoms with Gasteiger partial charge in [0.15, 0.2) is 17.5 Å². The predicted molar refractivity (Wildman–Crippen MR) is 97.2 cm³/mol. The first-order valence-electron chi connectivity index (χ1n) is 8.95. The Morgan fingerprint density at radius 2 is 2.00 bits per heavy atom. The fourth-order valence-corrected chi connectivity index (χ4v) is 3.22. The second kappa shape index (κ2) is 7.85. The summed E-state index contributed by atoms with van der Waals surface area (Å²) in [6.45, 7) is 1.89. The molecule has 144 valence electrons. The van der Waals surface area contributed by atoms with Crippen LogP contribution in [0.5, 0.6) is 0 Å². The quantitative estimate of drug-likeness (QED) is 0.732. The van der Waals surface area contributed by atoms with Gasteiger partial charge < -0.3 is 9.84 Å². The minimum Gasteiger partial charge on any atom is -0.348 e. The normalized spacial score (nSPS) is 17.0. The molecule has 8 heteroatoms. The maximum absolute atomic E-state index is 13.3. The highest BCUT2D eigenvalue weighted by Crippen LogP contribution is 2.18. The molecule has 4 rings (SSSR count). The Hall–Kier alpha value is -3.13. The highest BCUT2D eigenvalue weighted by Gasteiger charge is 2.25. The van der Waals surface area contributed by atoms with Crippen LogP contribution >= 0.6 is 0 Å². The molecular formula is C20H18F2N4O2. The lowest BCUT2D eigenvalue weighted by molar-refractivity contribution is 0.0937. The van der Waals surface area contributed by atoms with Crippen molar-refractivity contribution in [1.82, 2.24) is 20.4 Å². The van der Waals surface area contributed by atoms with E-state index in [1.54, 1.807) is 0 Å². The molecule has 1 fully saturated rings. The van der Waals surface area contributed by atoms with Crippen LogP contribution in [-0.2, 0) is 6.54 Å². The summed E-state index contributed by atoms with van der Waals surface area (Å²) in [5.74, 6) is -1.38. The lowest BCUT2D eigenvalue weighted by Gasteiger charge is -2.15. The Kier molecular flexibility index (Phi) is 5.12. The summed E-state index contributed by atoms with van der Waals surface area (Å²) in [7, 11) is 0. The van der Waals surface area contributed by atoms with Crippen LogP contribution in [0.3, 0.4) is 0 Å². The summed E-state index contributed by atoms with van der Waals surface area (Å²) in [5, 5.41) is 6.87. The van der Waals surface area contributed by atoms with Gasteiger partial charge in [-0.2, -0.15) is 4.98 Å². The summed E-state index contributed by atoms with van der Waals surface area (Å²) < 4.78 is 31.6. The highest BCUT2D eigenvalue weighted by atomic mass is 19.2. The van der Waals surface area contributed by atoms with E-state index in [1.807, 2.05) is 30.3 Å². The third-order valence-electron chi connectivity index (χ3n) is 4.64. The average molecular weight is 384 g/mol. The van der Waals surface area contributed by atoms with Crippen LogP contribution in [0.1, 0.15) is 22.6 Å². The smallest absolute Gasteiger partial charge is 0.257 e. The van der Waals surface area contributed by atoms with Gasteiger partial charge in [-0.05, 0) is 36.8 Å². The van der Waals surface area contributed by atoms with Crippen molar-refractivity contribution < 1.29 is 18.1 Å². The van der Waals surface area contributed by atoms with Crippen LogP contribution in [-0.4, -0.2) is 40.1 Å². The lowest BCUT2D eigenvalue weighted by Crippen LogP contribution is -2.37. The van der Waals surface area contributed by atoms with Gasteiger partial charge in [0.1, 0.15) is 0 Å². The second-order valence-corrected chi connectivity index (χ2v) is 6.70. The first-order valence-corrected chi connectivity index (χ1v) is 8.95. The Bertz CT molecular complexity index is 977. The zero-order chi connectivity index (χ0) is 19.5. The van der Waals surface area contributed by atoms with Crippen molar-refractivity contribution in [2.45, 2.75) is 19.0 Å². The van der Waals surface area contributed by atoms with E-state index in [2.05, 4.69) is 20.4 Å². The van der Waals surface area contributed by atoms with E-state index < -0.39 is 17.5 Å². The highest BCUT2D eigenvalue weighted by molar-refractivity contribution is 5.94. The molecule has 1 aromatic heterocycles. The molecule has 1 N–H and O–H groups in total. The van der Waals surface area contributed by atoms with Crippen LogP contribution in [0.4, 0.5) is 8.78 Å². The van der Waals surface area contributed by atoms with Gasteiger partial charge >= 0.3 is 0 Å². The van der Waals surface area contributed by atoms with E-state index in [0.717, 1.165) is 30.7 Å². The van der Waals surface area contributed by atoms with Gasteiger partial charge in [-0.1, -0.05) is 23.4 Å². The van der Waals surface area contributed by atoms with E-state index in [4.69, 9.17) is 4.52 Å². The van der Waals surface area contributed by atoms with Crippen LogP contribution in [0.25, 0.3) is 11.5 Å². The molecule has 0 saturated carbocycles. The first-order chi connectivity index (χ1) is 13.6. The Morgan fingerprint density at radius 3 is 2.79 bits per heavy atom. The van der Waals surface area contributed by atoms with Gasteiger partial charge in [-0.25, -0.2) is 8.78 Å². The number of halogens is 2. The molecule has 0 radical (unpaired) electrons. The first kappa shape index (κ1) is 18.2. The molecule has 0 spiro atoms. The number of carbonyl (C=O) groups excluding carboxylic acids is 1. The van der Waals surface area contributed by atoms with Gasteiger partial charge in [0.2, 0.25) is 0 Å². The molecular weight excluding hydrogens is 366 g/mol. The molecule has 1 atom stereocenters. The molecule has 0 unspecified atom stereocenters. The van der Waals surface area contributed by atoms with Gasteiger partial charge in [0.25, 0.3) is 11.8 Å². The topological polar surface area (TPSA) is 71.3 Å². The Balaban J connectivity index is 1.32. The van der Waals surface area contributed by atoms with E-state index in [0.29, 0.717) is 24.8 Å². The van der Waals surface area contributed by atoms with Crippen molar-refractivity contribution in [1.29, 1.82) is 0 Å². The number of benzene rings is 2. The van der Waals surface area contributed by atoms with Crippen LogP contribution in [0.2, 0.25) is 0 Å². The van der Waals surface area contributed by atoms with Crippen LogP contribution in [0, 0.1) is 11.6 Å². The minimum absolute atomic E-state index is 0.0823. The van der Waals surface area contributed by atoms with Crippen molar-refractivity contribution in [2.75, 3.05) is 13.1 Å². The van der Waals surface area contributed by atoms with E-state index >= 15 is 0 Å². The van der Waals surface area contributed by atoms with Crippen molar-refractivity contribution in [2.24, 2.45) is 0 Å². The van der Waals surface area contributed by atoms with Crippen molar-refractivity contribution in [3.63, 3.8) is 0 Å². The fourth-order valence-electron chi connectivity index (χ4n) is 3.22. The predicted octanol–water partition coefficient (Wildman–Crippen LogP) is 3.02. The third kappa shape index (κ3) is 4.07. The summed E-state index contributed by atoms with van der Waals surface area (Å²) in [5.41, 5.74) is 0.961. The zero-order valence-electron chi connectivity index (χ0n) is 14.9. The van der Waals surface area contributed by atoms with Crippen LogP contribution < -0.4 is 5.32 Å². The van der Waals surface area contributed by atoms with E-state index in [-0.39, 0.29) is 11.6 Å². The summed E-state index contributed by atoms with van der Waals surface area (Å²) in [6.07, 6.45) is 0.749. The molecule has 2 aromatic carbocycles. The molecule has 28 heavy (non-hydrogen) atoms. The number of carbonyl (C=O) groups is 1. The Labute approximate surface area is 160 Å². The largest absolute Gasteiger partial charge is 0.348 e. The van der Waals surface area contributed by atoms with E-state index in [9.17, 15) is 13.6 Å². The van der Waals surface area contributed by atoms with Gasteiger partial charge in [-0.3, -0.25) is 9.69 Å². The summed E-state index contributed by atoms with van der Waals surface area (Å²) >= 11 is 0. The number of likely N-dealkylation sites (tertiary alicyclic amines) is 1. The molecule has 0 aliphatic carbocycles. The Morgan fingerprint density at radius 1 is 1.18 bits per heavy atom. The number of hydrogen-bond acceptors (Lipinski definition) is 5. The number of aromatic nitrogens is 2. The standard InChI is InChI=1S/C20H18F2N4O2/c21-16-7-6-14(10-17(16)22)19(27)23-15-8-9-26(11-15)12-18-24-20(28-25-18)13-4-2-1-3-5-13/h1-7,10,15H,8-9,11-12H2,(H,23,27)/t15-/m0/s1. The monoisotopic (exact) mass is 384 g/mol. The molecule has 3 aromatic rings. The zero-order valence-corrected chi connectivity index (χ0v) is 14.9. The molecule has 2 heterocycles. The molecule has 1 saturated heterocycles. The molecule has 0 bridgehead atoms. The maximum atomic E-state index is 13.3. The van der Waals surface area contributed by atoms with Crippen molar-refractivity contribution in [3.05, 3.63) is 71.6 Å². The second-order valence-electron chi connectivity index (χ2n) is 6.70. The molecule has 1 aliphatic rings. The number of hydrogen-bond donors (Lipinski definition) is 1. The number of nitrogens with one attached hydrogen (secondary N) is 1. The summed E-state index contributed by atoms with van der Waals surface area (Å²) in [4.78, 5) is 18.7. The third-order valence-corrected chi connectivity index (χ3v) is 4.64. The summed E-state index contributed by atoms with van der Waals surface area (Å²) in [6, 6.07) is 12.6. The minimum atomic E-state index is -1.04. The van der Waals surface area contributed by atoms with Crippen molar-refractivity contribution in [3.8, 4) is 11.5 Å². The van der Waals surface area contributed by atoms with Gasteiger partial charge in [0, 0.05) is 30.3 Å². The average Bonchev–Trinajstić information content (AvgIpc) is 3.34. The number of amides is 1. The van der Waals surface area contributed by atoms with Gasteiger partial charge in [-0.15, -0.1) is 0 Å². The molecule has 6 nitrogen and oxygen atoms in total. The van der Waals surface area contributed by atoms with Crippen molar-refractivity contribution >= 4 is 5.91 Å². The van der Waals surface area contributed by atoms with Crippen LogP contribution in [0.15, 0.2) is 53.1 Å². The number of rotatable bonds is 5. The molecule has 1 amide bonds. The van der Waals surface area contributed by atoms with E-state index in [1.165, 1.54) is 6.07 Å². The fraction of sp³-hybridized carbons (Fsp3) is 0.250. The maximum Gasteiger partial charge on any atom is 0.257 e. The lowest BCUT2D eigenvalue weighted by atomic mass is 10.1.